The molecule has 0 radical (unpaired) electrons. The van der Waals surface area contributed by atoms with Crippen molar-refractivity contribution in [3.63, 3.8) is 0 Å². The van der Waals surface area contributed by atoms with Crippen LogP contribution in [0.15, 0.2) is 57.0 Å². The number of amides is 1. The molecule has 0 spiro atoms. The summed E-state index contributed by atoms with van der Waals surface area (Å²) in [5.74, 6) is 0. The molecule has 0 saturated heterocycles. The number of ether oxygens (including phenoxy) is 1. The number of hydrogen-bond acceptors (Lipinski definition) is 5. The first-order valence-electron chi connectivity index (χ1n) is 5.67. The molecule has 1 aromatic carbocycles. The number of anilines is 1. The SMILES string of the molecule is COC(=O)NNc1ccc(Sc2ccccn2)c(Br)c1. The van der Waals surface area contributed by atoms with Gasteiger partial charge in [0.25, 0.3) is 0 Å². The maximum atomic E-state index is 11.0. The van der Waals surface area contributed by atoms with Crippen molar-refractivity contribution in [3.05, 3.63) is 47.1 Å². The van der Waals surface area contributed by atoms with Gasteiger partial charge in [-0.3, -0.25) is 5.43 Å². The Morgan fingerprint density at radius 1 is 1.35 bits per heavy atom. The van der Waals surface area contributed by atoms with Crippen molar-refractivity contribution in [1.82, 2.24) is 10.4 Å². The number of hydrazine groups is 1. The molecular formula is C13H12BrN3O2S. The third-order valence-electron chi connectivity index (χ3n) is 2.28. The molecule has 0 fully saturated rings. The van der Waals surface area contributed by atoms with Gasteiger partial charge in [0.05, 0.1) is 12.8 Å². The van der Waals surface area contributed by atoms with E-state index in [1.165, 1.54) is 7.11 Å². The van der Waals surface area contributed by atoms with Crippen molar-refractivity contribution < 1.29 is 9.53 Å². The molecule has 104 valence electrons. The smallest absolute Gasteiger partial charge is 0.425 e. The number of carbonyl (C=O) groups excluding carboxylic acids is 1. The normalized spacial score (nSPS) is 9.90. The Balaban J connectivity index is 2.04. The van der Waals surface area contributed by atoms with Gasteiger partial charge < -0.3 is 4.74 Å². The highest BCUT2D eigenvalue weighted by atomic mass is 79.9. The molecule has 0 saturated carbocycles. The van der Waals surface area contributed by atoms with E-state index in [-0.39, 0.29) is 0 Å². The lowest BCUT2D eigenvalue weighted by atomic mass is 10.3. The number of nitrogens with zero attached hydrogens (tertiary/aromatic N) is 1. The van der Waals surface area contributed by atoms with Crippen LogP contribution in [0.2, 0.25) is 0 Å². The van der Waals surface area contributed by atoms with E-state index in [1.54, 1.807) is 18.0 Å². The van der Waals surface area contributed by atoms with Gasteiger partial charge in [0.1, 0.15) is 5.03 Å². The zero-order valence-electron chi connectivity index (χ0n) is 10.6. The van der Waals surface area contributed by atoms with Gasteiger partial charge in [-0.05, 0) is 46.3 Å². The summed E-state index contributed by atoms with van der Waals surface area (Å²) in [5.41, 5.74) is 5.88. The molecule has 2 aromatic rings. The minimum atomic E-state index is -0.548. The van der Waals surface area contributed by atoms with Crippen LogP contribution in [0, 0.1) is 0 Å². The lowest BCUT2D eigenvalue weighted by molar-refractivity contribution is 0.173. The molecule has 1 heterocycles. The van der Waals surface area contributed by atoms with Gasteiger partial charge in [0.2, 0.25) is 0 Å². The number of methoxy groups -OCH3 is 1. The molecule has 0 atom stereocenters. The third-order valence-corrected chi connectivity index (χ3v) is 4.22. The van der Waals surface area contributed by atoms with Gasteiger partial charge >= 0.3 is 6.09 Å². The van der Waals surface area contributed by atoms with E-state index in [2.05, 4.69) is 36.5 Å². The zero-order valence-corrected chi connectivity index (χ0v) is 13.0. The van der Waals surface area contributed by atoms with E-state index in [0.717, 1.165) is 20.1 Å². The van der Waals surface area contributed by atoms with Gasteiger partial charge in [0, 0.05) is 15.6 Å². The maximum Gasteiger partial charge on any atom is 0.425 e. The van der Waals surface area contributed by atoms with Crippen molar-refractivity contribution in [1.29, 1.82) is 0 Å². The first-order valence-corrected chi connectivity index (χ1v) is 7.28. The Morgan fingerprint density at radius 2 is 2.20 bits per heavy atom. The molecule has 2 rings (SSSR count). The van der Waals surface area contributed by atoms with Crippen molar-refractivity contribution in [2.24, 2.45) is 0 Å². The Labute approximate surface area is 129 Å². The number of pyridine rings is 1. The van der Waals surface area contributed by atoms with Crippen LogP contribution < -0.4 is 10.9 Å². The Hall–Kier alpha value is -1.73. The van der Waals surface area contributed by atoms with E-state index in [4.69, 9.17) is 0 Å². The van der Waals surface area contributed by atoms with Gasteiger partial charge in [-0.2, -0.15) is 0 Å². The summed E-state index contributed by atoms with van der Waals surface area (Å²) in [4.78, 5) is 16.3. The molecule has 1 amide bonds. The fourth-order valence-corrected chi connectivity index (χ4v) is 2.76. The predicted molar refractivity (Wildman–Crippen MR) is 81.7 cm³/mol. The van der Waals surface area contributed by atoms with E-state index < -0.39 is 6.09 Å². The predicted octanol–water partition coefficient (Wildman–Crippen LogP) is 3.68. The molecule has 20 heavy (non-hydrogen) atoms. The lowest BCUT2D eigenvalue weighted by Crippen LogP contribution is -2.28. The first-order chi connectivity index (χ1) is 9.69. The summed E-state index contributed by atoms with van der Waals surface area (Å²) in [6.45, 7) is 0. The second-order valence-corrected chi connectivity index (χ2v) is 5.57. The molecular weight excluding hydrogens is 342 g/mol. The first kappa shape index (κ1) is 14.7. The van der Waals surface area contributed by atoms with Crippen molar-refractivity contribution >= 4 is 39.5 Å². The van der Waals surface area contributed by atoms with Crippen LogP contribution in [0.25, 0.3) is 0 Å². The van der Waals surface area contributed by atoms with E-state index in [0.29, 0.717) is 0 Å². The summed E-state index contributed by atoms with van der Waals surface area (Å²) >= 11 is 5.05. The molecule has 5 nitrogen and oxygen atoms in total. The van der Waals surface area contributed by atoms with Crippen LogP contribution in [0.4, 0.5) is 10.5 Å². The minimum absolute atomic E-state index is 0.548. The number of nitrogens with one attached hydrogen (secondary N) is 2. The van der Waals surface area contributed by atoms with Crippen LogP contribution in [0.5, 0.6) is 0 Å². The molecule has 0 unspecified atom stereocenters. The van der Waals surface area contributed by atoms with Crippen LogP contribution in [-0.4, -0.2) is 18.2 Å². The van der Waals surface area contributed by atoms with Crippen LogP contribution >= 0.6 is 27.7 Å². The number of benzene rings is 1. The summed E-state index contributed by atoms with van der Waals surface area (Å²) in [6, 6.07) is 11.4. The highest BCUT2D eigenvalue weighted by Gasteiger charge is 2.05. The average molecular weight is 354 g/mol. The highest BCUT2D eigenvalue weighted by molar-refractivity contribution is 9.10. The number of carbonyl (C=O) groups is 1. The molecule has 2 N–H and O–H groups in total. The number of hydrogen-bond donors (Lipinski definition) is 2. The summed E-state index contributed by atoms with van der Waals surface area (Å²) in [7, 11) is 1.31. The molecule has 0 aliphatic rings. The summed E-state index contributed by atoms with van der Waals surface area (Å²) in [6.07, 6.45) is 1.21. The monoisotopic (exact) mass is 353 g/mol. The molecule has 0 bridgehead atoms. The van der Waals surface area contributed by atoms with Gasteiger partial charge in [-0.25, -0.2) is 15.2 Å². The standard InChI is InChI=1S/C13H12BrN3O2S/c1-19-13(18)17-16-9-5-6-11(10(14)8-9)20-12-4-2-3-7-15-12/h2-8,16H,1H3,(H,17,18). The second-order valence-electron chi connectivity index (χ2n) is 3.66. The minimum Gasteiger partial charge on any atom is -0.452 e. The van der Waals surface area contributed by atoms with Crippen LogP contribution in [0.1, 0.15) is 0 Å². The van der Waals surface area contributed by atoms with E-state index >= 15 is 0 Å². The average Bonchev–Trinajstić information content (AvgIpc) is 2.48. The summed E-state index contributed by atoms with van der Waals surface area (Å²) < 4.78 is 5.38. The fraction of sp³-hybridized carbons (Fsp3) is 0.0769. The number of aromatic nitrogens is 1. The molecule has 0 aliphatic heterocycles. The summed E-state index contributed by atoms with van der Waals surface area (Å²) in [5, 5.41) is 0.918. The van der Waals surface area contributed by atoms with Crippen molar-refractivity contribution in [2.45, 2.75) is 9.92 Å². The Bertz CT molecular complexity index is 595. The maximum absolute atomic E-state index is 11.0. The second kappa shape index (κ2) is 7.16. The lowest BCUT2D eigenvalue weighted by Gasteiger charge is -2.09. The highest BCUT2D eigenvalue weighted by Crippen LogP contribution is 2.33. The van der Waals surface area contributed by atoms with Gasteiger partial charge in [-0.15, -0.1) is 0 Å². The van der Waals surface area contributed by atoms with Crippen LogP contribution in [-0.2, 0) is 4.74 Å². The van der Waals surface area contributed by atoms with Gasteiger partial charge in [0.15, 0.2) is 0 Å². The largest absolute Gasteiger partial charge is 0.452 e. The molecule has 7 heteroatoms. The quantitative estimate of drug-likeness (QED) is 0.821. The van der Waals surface area contributed by atoms with E-state index in [1.807, 2.05) is 36.4 Å². The van der Waals surface area contributed by atoms with E-state index in [9.17, 15) is 4.79 Å². The number of halogens is 1. The third kappa shape index (κ3) is 4.14. The fourth-order valence-electron chi connectivity index (χ4n) is 1.36. The molecule has 0 aliphatic carbocycles. The van der Waals surface area contributed by atoms with Crippen LogP contribution in [0.3, 0.4) is 0 Å². The van der Waals surface area contributed by atoms with Crippen molar-refractivity contribution in [3.8, 4) is 0 Å². The molecule has 1 aromatic heterocycles. The Kier molecular flexibility index (Phi) is 5.25. The Morgan fingerprint density at radius 3 is 2.85 bits per heavy atom. The van der Waals surface area contributed by atoms with Gasteiger partial charge in [-0.1, -0.05) is 17.8 Å². The van der Waals surface area contributed by atoms with Crippen molar-refractivity contribution in [2.75, 3.05) is 12.5 Å². The number of rotatable bonds is 4. The topological polar surface area (TPSA) is 63.2 Å². The zero-order chi connectivity index (χ0) is 14.4.